The second kappa shape index (κ2) is 13.9. The van der Waals surface area contributed by atoms with E-state index in [1.165, 1.54) is 107 Å². The van der Waals surface area contributed by atoms with E-state index < -0.39 is 0 Å². The Morgan fingerprint density at radius 1 is 0.839 bits per heavy atom. The van der Waals surface area contributed by atoms with Crippen LogP contribution in [0.1, 0.15) is 127 Å². The molecule has 56 heavy (non-hydrogen) atoms. The number of piperazine rings is 1. The zero-order chi connectivity index (χ0) is 39.3. The highest BCUT2D eigenvalue weighted by atomic mass is 16.5. The second-order valence-electron chi connectivity index (χ2n) is 21.3. The molecule has 0 radical (unpaired) electrons. The molecule has 0 aromatic heterocycles. The van der Waals surface area contributed by atoms with Crippen LogP contribution in [0.4, 0.5) is 0 Å². The molecule has 2 aromatic rings. The van der Waals surface area contributed by atoms with Crippen molar-refractivity contribution in [3.8, 4) is 0 Å². The summed E-state index contributed by atoms with van der Waals surface area (Å²) in [6, 6.07) is 20.7. The monoisotopic (exact) mass is 758 g/mol. The smallest absolute Gasteiger partial charge is 0.337 e. The molecule has 11 atom stereocenters. The lowest BCUT2D eigenvalue weighted by atomic mass is 9.33. The van der Waals surface area contributed by atoms with E-state index in [2.05, 4.69) is 112 Å². The Labute approximate surface area is 339 Å². The first kappa shape index (κ1) is 38.8. The van der Waals surface area contributed by atoms with Gasteiger partial charge in [-0.05, 0) is 151 Å². The third-order valence-corrected chi connectivity index (χ3v) is 18.8. The number of likely N-dealkylation sites (tertiary alicyclic amines) is 2. The van der Waals surface area contributed by atoms with Crippen LogP contribution in [0.2, 0.25) is 0 Å². The van der Waals surface area contributed by atoms with E-state index in [0.717, 1.165) is 37.4 Å². The van der Waals surface area contributed by atoms with Gasteiger partial charge in [0.1, 0.15) is 0 Å². The van der Waals surface area contributed by atoms with Gasteiger partial charge in [0.25, 0.3) is 0 Å². The molecule has 2 bridgehead atoms. The standard InChI is InChI=1S/C51H71N3O2/c1-34(2)40-20-25-51(52-28-29-53-32-39-30-38(53)33-54(39)31-35-12-10-9-11-13-35)27-26-49(6)42(45(40)51)18-19-44-48(5)23-21-41(36-14-16-37(17-15-36)46(55)56-8)47(3,4)43(48)22-24-50(44,49)7/h9-17,21,38-40,42-45,52H,1,18-20,22-33H2,2-8H3/t38-,39-,40-,42+,43-,44+,45+,48-,49+,50+,51-/m0/s1. The average molecular weight is 758 g/mol. The van der Waals surface area contributed by atoms with Gasteiger partial charge in [0.2, 0.25) is 0 Å². The largest absolute Gasteiger partial charge is 0.465 e. The van der Waals surface area contributed by atoms with Crippen LogP contribution in [0.25, 0.3) is 5.57 Å². The Morgan fingerprint density at radius 3 is 2.27 bits per heavy atom. The fourth-order valence-corrected chi connectivity index (χ4v) is 16.0. The van der Waals surface area contributed by atoms with Gasteiger partial charge in [-0.15, -0.1) is 0 Å². The van der Waals surface area contributed by atoms with Gasteiger partial charge in [0.05, 0.1) is 12.7 Å². The van der Waals surface area contributed by atoms with E-state index in [4.69, 9.17) is 4.74 Å². The Hall–Kier alpha value is -2.73. The molecule has 5 aliphatic carbocycles. The lowest BCUT2D eigenvalue weighted by Gasteiger charge is -2.72. The van der Waals surface area contributed by atoms with Crippen molar-refractivity contribution in [2.24, 2.45) is 51.2 Å². The molecule has 2 heterocycles. The Bertz CT molecular complexity index is 1850. The van der Waals surface area contributed by atoms with Crippen molar-refractivity contribution in [1.82, 2.24) is 15.1 Å². The molecule has 0 spiro atoms. The van der Waals surface area contributed by atoms with Crippen molar-refractivity contribution in [3.63, 3.8) is 0 Å². The molecule has 0 amide bonds. The molecule has 302 valence electrons. The molecular formula is C51H71N3O2. The third kappa shape index (κ3) is 5.81. The fraction of sp³-hybridized carbons (Fsp3) is 0.667. The van der Waals surface area contributed by atoms with Gasteiger partial charge < -0.3 is 10.1 Å². The molecule has 0 unspecified atom stereocenters. The van der Waals surface area contributed by atoms with Crippen LogP contribution < -0.4 is 5.32 Å². The van der Waals surface area contributed by atoms with Crippen molar-refractivity contribution in [2.45, 2.75) is 130 Å². The van der Waals surface area contributed by atoms with Crippen molar-refractivity contribution in [1.29, 1.82) is 0 Å². The first-order valence-electron chi connectivity index (χ1n) is 22.6. The summed E-state index contributed by atoms with van der Waals surface area (Å²) in [7, 11) is 1.46. The summed E-state index contributed by atoms with van der Waals surface area (Å²) in [4.78, 5) is 17.8. The predicted octanol–water partition coefficient (Wildman–Crippen LogP) is 10.4. The SMILES string of the molecule is C=C(C)[C@@H]1CC[C@]2(NCCN3C[C@@H]4C[C@H]3CN4Cc3ccccc3)CC[C@]3(C)[C@H](CC[C@@H]4[C@@]5(C)CC=C(c6ccc(C(=O)OC)cc6)C(C)(C)[C@@H]5CC[C@]43C)[C@@H]12. The number of nitrogens with one attached hydrogen (secondary N) is 1. The number of hydrogen-bond donors (Lipinski definition) is 1. The summed E-state index contributed by atoms with van der Waals surface area (Å²) in [5, 5.41) is 4.42. The molecule has 5 heteroatoms. The second-order valence-corrected chi connectivity index (χ2v) is 21.3. The highest BCUT2D eigenvalue weighted by Crippen LogP contribution is 2.76. The summed E-state index contributed by atoms with van der Waals surface area (Å²) in [5.74, 6) is 3.18. The van der Waals surface area contributed by atoms with Crippen molar-refractivity contribution < 1.29 is 9.53 Å². The Balaban J connectivity index is 0.916. The zero-order valence-electron chi connectivity index (χ0n) is 35.8. The zero-order valence-corrected chi connectivity index (χ0v) is 35.8. The minimum atomic E-state index is -0.264. The van der Waals surface area contributed by atoms with E-state index >= 15 is 0 Å². The topological polar surface area (TPSA) is 44.8 Å². The number of esters is 1. The van der Waals surface area contributed by atoms with Crippen LogP contribution >= 0.6 is 0 Å². The molecule has 5 nitrogen and oxygen atoms in total. The first-order valence-corrected chi connectivity index (χ1v) is 22.6. The molecule has 2 aliphatic heterocycles. The third-order valence-electron chi connectivity index (χ3n) is 18.8. The molecule has 2 saturated heterocycles. The number of hydrogen-bond acceptors (Lipinski definition) is 5. The summed E-state index contributed by atoms with van der Waals surface area (Å²) in [5.41, 5.74) is 7.52. The quantitative estimate of drug-likeness (QED) is 0.204. The molecule has 4 saturated carbocycles. The van der Waals surface area contributed by atoms with Gasteiger partial charge >= 0.3 is 5.97 Å². The number of methoxy groups -OCH3 is 1. The van der Waals surface area contributed by atoms with Crippen molar-refractivity contribution >= 4 is 11.5 Å². The maximum absolute atomic E-state index is 12.2. The van der Waals surface area contributed by atoms with E-state index in [0.29, 0.717) is 40.2 Å². The summed E-state index contributed by atoms with van der Waals surface area (Å²) < 4.78 is 5.00. The number of allylic oxidation sites excluding steroid dienone is 3. The molecule has 9 rings (SSSR count). The first-order chi connectivity index (χ1) is 26.7. The summed E-state index contributed by atoms with van der Waals surface area (Å²) >= 11 is 0. The number of carbonyl (C=O) groups excluding carboxylic acids is 1. The fourth-order valence-electron chi connectivity index (χ4n) is 16.0. The average Bonchev–Trinajstić information content (AvgIpc) is 3.88. The lowest BCUT2D eigenvalue weighted by molar-refractivity contribution is -0.219. The van der Waals surface area contributed by atoms with Crippen LogP contribution in [-0.2, 0) is 11.3 Å². The molecular weight excluding hydrogens is 687 g/mol. The molecule has 6 fully saturated rings. The van der Waals surface area contributed by atoms with Crippen molar-refractivity contribution in [2.75, 3.05) is 33.3 Å². The number of ether oxygens (including phenoxy) is 1. The summed E-state index contributed by atoms with van der Waals surface area (Å²) in [6.45, 7) is 26.2. The van der Waals surface area contributed by atoms with Crippen molar-refractivity contribution in [3.05, 3.63) is 89.5 Å². The molecule has 2 aromatic carbocycles. The van der Waals surface area contributed by atoms with Crippen LogP contribution in [0.5, 0.6) is 0 Å². The van der Waals surface area contributed by atoms with Gasteiger partial charge in [-0.2, -0.15) is 0 Å². The highest BCUT2D eigenvalue weighted by Gasteiger charge is 2.70. The maximum Gasteiger partial charge on any atom is 0.337 e. The van der Waals surface area contributed by atoms with E-state index in [1.807, 2.05) is 12.1 Å². The maximum atomic E-state index is 12.2. The van der Waals surface area contributed by atoms with E-state index in [-0.39, 0.29) is 22.3 Å². The van der Waals surface area contributed by atoms with Crippen LogP contribution in [0, 0.1) is 51.2 Å². The van der Waals surface area contributed by atoms with Gasteiger partial charge in [0.15, 0.2) is 0 Å². The van der Waals surface area contributed by atoms with E-state index in [9.17, 15) is 4.79 Å². The van der Waals surface area contributed by atoms with Gasteiger partial charge in [0, 0.05) is 50.3 Å². The number of rotatable bonds is 9. The number of fused-ring (bicyclic) bond motifs is 9. The Morgan fingerprint density at radius 2 is 1.57 bits per heavy atom. The Kier molecular flexibility index (Phi) is 9.65. The predicted molar refractivity (Wildman–Crippen MR) is 229 cm³/mol. The van der Waals surface area contributed by atoms with Crippen LogP contribution in [0.15, 0.2) is 72.8 Å². The number of benzene rings is 2. The summed E-state index contributed by atoms with van der Waals surface area (Å²) in [6.07, 6.45) is 15.8. The van der Waals surface area contributed by atoms with E-state index in [1.54, 1.807) is 0 Å². The van der Waals surface area contributed by atoms with Crippen LogP contribution in [-0.4, -0.2) is 66.7 Å². The van der Waals surface area contributed by atoms with Crippen LogP contribution in [0.3, 0.4) is 0 Å². The highest BCUT2D eigenvalue weighted by molar-refractivity contribution is 5.90. The normalized spacial score (nSPS) is 41.3. The minimum Gasteiger partial charge on any atom is -0.465 e. The van der Waals surface area contributed by atoms with Gasteiger partial charge in [-0.25, -0.2) is 4.79 Å². The molecule has 1 N–H and O–H groups in total. The van der Waals surface area contributed by atoms with Gasteiger partial charge in [-0.1, -0.05) is 95.3 Å². The van der Waals surface area contributed by atoms with Gasteiger partial charge in [-0.3, -0.25) is 9.80 Å². The number of nitrogens with zero attached hydrogens (tertiary/aromatic N) is 2. The minimum absolute atomic E-state index is 0.0655. The number of carbonyl (C=O) groups is 1. The lowest BCUT2D eigenvalue weighted by Crippen LogP contribution is -2.68. The molecule has 7 aliphatic rings.